The first-order valence-corrected chi connectivity index (χ1v) is 5.68. The molecule has 3 N–H and O–H groups in total. The van der Waals surface area contributed by atoms with E-state index in [0.717, 1.165) is 11.4 Å². The first-order chi connectivity index (χ1) is 8.58. The largest absolute Gasteiger partial charge is 0.399 e. The fourth-order valence-corrected chi connectivity index (χ4v) is 1.71. The van der Waals surface area contributed by atoms with Crippen molar-refractivity contribution in [2.75, 3.05) is 5.73 Å². The molecule has 0 aliphatic rings. The number of aryl methyl sites for hydroxylation is 2. The molecule has 0 bridgehead atoms. The van der Waals surface area contributed by atoms with Gasteiger partial charge in [-0.25, -0.2) is 4.98 Å². The summed E-state index contributed by atoms with van der Waals surface area (Å²) in [5, 5.41) is 2.83. The highest BCUT2D eigenvalue weighted by Crippen LogP contribution is 2.12. The van der Waals surface area contributed by atoms with Crippen molar-refractivity contribution in [3.05, 3.63) is 47.5 Å². The highest BCUT2D eigenvalue weighted by Gasteiger charge is 2.10. The van der Waals surface area contributed by atoms with Crippen molar-refractivity contribution in [1.29, 1.82) is 0 Å². The van der Waals surface area contributed by atoms with Gasteiger partial charge in [0, 0.05) is 30.7 Å². The highest BCUT2D eigenvalue weighted by molar-refractivity contribution is 5.96. The molecule has 94 valence electrons. The first-order valence-electron chi connectivity index (χ1n) is 5.68. The summed E-state index contributed by atoms with van der Waals surface area (Å²) in [5.41, 5.74) is 7.77. The Bertz CT molecular complexity index is 574. The van der Waals surface area contributed by atoms with E-state index in [4.69, 9.17) is 5.73 Å². The molecule has 1 aromatic carbocycles. The molecule has 18 heavy (non-hydrogen) atoms. The standard InChI is InChI=1S/C13H16N4O/c1-9-3-4-10(14)7-11(9)13(18)16-8-12-15-5-6-17(12)2/h3-7H,8,14H2,1-2H3,(H,16,18). The van der Waals surface area contributed by atoms with Crippen LogP contribution in [0.2, 0.25) is 0 Å². The molecule has 1 amide bonds. The molecule has 2 aromatic rings. The van der Waals surface area contributed by atoms with Crippen LogP contribution in [-0.2, 0) is 13.6 Å². The Kier molecular flexibility index (Phi) is 3.32. The summed E-state index contributed by atoms with van der Waals surface area (Å²) < 4.78 is 1.87. The molecule has 0 aliphatic carbocycles. The van der Waals surface area contributed by atoms with Crippen LogP contribution in [0, 0.1) is 6.92 Å². The van der Waals surface area contributed by atoms with Gasteiger partial charge in [0.1, 0.15) is 5.82 Å². The third-order valence-electron chi connectivity index (χ3n) is 2.83. The van der Waals surface area contributed by atoms with E-state index >= 15 is 0 Å². The van der Waals surface area contributed by atoms with Gasteiger partial charge in [-0.3, -0.25) is 4.79 Å². The number of nitrogens with two attached hydrogens (primary N) is 1. The van der Waals surface area contributed by atoms with Gasteiger partial charge in [0.15, 0.2) is 0 Å². The summed E-state index contributed by atoms with van der Waals surface area (Å²) in [6.45, 7) is 2.28. The van der Waals surface area contributed by atoms with Crippen molar-refractivity contribution in [3.63, 3.8) is 0 Å². The summed E-state index contributed by atoms with van der Waals surface area (Å²) in [4.78, 5) is 16.2. The minimum absolute atomic E-state index is 0.136. The van der Waals surface area contributed by atoms with E-state index < -0.39 is 0 Å². The molecule has 1 heterocycles. The van der Waals surface area contributed by atoms with Crippen molar-refractivity contribution < 1.29 is 4.79 Å². The molecule has 0 spiro atoms. The summed E-state index contributed by atoms with van der Waals surface area (Å²) in [6.07, 6.45) is 3.54. The Morgan fingerprint density at radius 1 is 1.50 bits per heavy atom. The predicted molar refractivity (Wildman–Crippen MR) is 70.0 cm³/mol. The molecule has 0 saturated carbocycles. The molecule has 0 radical (unpaired) electrons. The average Bonchev–Trinajstić information content (AvgIpc) is 2.75. The molecular formula is C13H16N4O. The van der Waals surface area contributed by atoms with Crippen molar-refractivity contribution in [3.8, 4) is 0 Å². The number of carbonyl (C=O) groups is 1. The molecule has 0 fully saturated rings. The van der Waals surface area contributed by atoms with Gasteiger partial charge < -0.3 is 15.6 Å². The van der Waals surface area contributed by atoms with Gasteiger partial charge in [-0.05, 0) is 24.6 Å². The maximum Gasteiger partial charge on any atom is 0.251 e. The van der Waals surface area contributed by atoms with Crippen LogP contribution in [0.15, 0.2) is 30.6 Å². The molecule has 2 rings (SSSR count). The number of aromatic nitrogens is 2. The van der Waals surface area contributed by atoms with Crippen molar-refractivity contribution >= 4 is 11.6 Å². The number of nitrogens with one attached hydrogen (secondary N) is 1. The number of rotatable bonds is 3. The molecule has 5 heteroatoms. The minimum atomic E-state index is -0.136. The lowest BCUT2D eigenvalue weighted by molar-refractivity contribution is 0.0949. The normalized spacial score (nSPS) is 10.3. The monoisotopic (exact) mass is 244 g/mol. The fourth-order valence-electron chi connectivity index (χ4n) is 1.71. The van der Waals surface area contributed by atoms with Crippen LogP contribution >= 0.6 is 0 Å². The maximum absolute atomic E-state index is 12.0. The summed E-state index contributed by atoms with van der Waals surface area (Å²) in [5.74, 6) is 0.674. The summed E-state index contributed by atoms with van der Waals surface area (Å²) >= 11 is 0. The number of nitrogen functional groups attached to an aromatic ring is 1. The molecule has 0 unspecified atom stereocenters. The lowest BCUT2D eigenvalue weighted by Gasteiger charge is -2.08. The number of hydrogen-bond acceptors (Lipinski definition) is 3. The van der Waals surface area contributed by atoms with Gasteiger partial charge in [-0.1, -0.05) is 6.07 Å². The summed E-state index contributed by atoms with van der Waals surface area (Å²) in [6, 6.07) is 5.30. The van der Waals surface area contributed by atoms with Gasteiger partial charge in [-0.15, -0.1) is 0 Å². The number of amides is 1. The fraction of sp³-hybridized carbons (Fsp3) is 0.231. The summed E-state index contributed by atoms with van der Waals surface area (Å²) in [7, 11) is 1.89. The van der Waals surface area contributed by atoms with E-state index in [1.807, 2.05) is 30.8 Å². The Hall–Kier alpha value is -2.30. The lowest BCUT2D eigenvalue weighted by Crippen LogP contribution is -2.25. The quantitative estimate of drug-likeness (QED) is 0.798. The number of carbonyl (C=O) groups excluding carboxylic acids is 1. The number of imidazole rings is 1. The van der Waals surface area contributed by atoms with Crippen LogP contribution in [0.1, 0.15) is 21.7 Å². The maximum atomic E-state index is 12.0. The highest BCUT2D eigenvalue weighted by atomic mass is 16.1. The second kappa shape index (κ2) is 4.91. The topological polar surface area (TPSA) is 72.9 Å². The Morgan fingerprint density at radius 3 is 2.94 bits per heavy atom. The van der Waals surface area contributed by atoms with Crippen LogP contribution in [-0.4, -0.2) is 15.5 Å². The Balaban J connectivity index is 2.08. The number of benzene rings is 1. The molecular weight excluding hydrogens is 228 g/mol. The second-order valence-electron chi connectivity index (χ2n) is 4.21. The van der Waals surface area contributed by atoms with E-state index in [2.05, 4.69) is 10.3 Å². The van der Waals surface area contributed by atoms with Crippen molar-refractivity contribution in [1.82, 2.24) is 14.9 Å². The molecule has 0 aliphatic heterocycles. The van der Waals surface area contributed by atoms with Gasteiger partial charge >= 0.3 is 0 Å². The SMILES string of the molecule is Cc1ccc(N)cc1C(=O)NCc1nccn1C. The molecule has 5 nitrogen and oxygen atoms in total. The van der Waals surface area contributed by atoms with Crippen molar-refractivity contribution in [2.45, 2.75) is 13.5 Å². The number of hydrogen-bond donors (Lipinski definition) is 2. The third-order valence-corrected chi connectivity index (χ3v) is 2.83. The van der Waals surface area contributed by atoms with E-state index in [1.165, 1.54) is 0 Å². The Morgan fingerprint density at radius 2 is 2.28 bits per heavy atom. The number of nitrogens with zero attached hydrogens (tertiary/aromatic N) is 2. The third kappa shape index (κ3) is 2.51. The zero-order valence-corrected chi connectivity index (χ0v) is 10.5. The Labute approximate surface area is 106 Å². The molecule has 0 saturated heterocycles. The molecule has 0 atom stereocenters. The van der Waals surface area contributed by atoms with Crippen LogP contribution in [0.5, 0.6) is 0 Å². The van der Waals surface area contributed by atoms with Crippen molar-refractivity contribution in [2.24, 2.45) is 7.05 Å². The zero-order valence-electron chi connectivity index (χ0n) is 10.5. The molecule has 1 aromatic heterocycles. The van der Waals surface area contributed by atoms with E-state index in [0.29, 0.717) is 17.8 Å². The van der Waals surface area contributed by atoms with Gasteiger partial charge in [0.05, 0.1) is 6.54 Å². The van der Waals surface area contributed by atoms with Crippen LogP contribution in [0.4, 0.5) is 5.69 Å². The number of anilines is 1. The van der Waals surface area contributed by atoms with Gasteiger partial charge in [0.2, 0.25) is 0 Å². The smallest absolute Gasteiger partial charge is 0.251 e. The second-order valence-corrected chi connectivity index (χ2v) is 4.21. The predicted octanol–water partition coefficient (Wildman–Crippen LogP) is 1.24. The van der Waals surface area contributed by atoms with Gasteiger partial charge in [0.25, 0.3) is 5.91 Å². The van der Waals surface area contributed by atoms with E-state index in [1.54, 1.807) is 18.3 Å². The minimum Gasteiger partial charge on any atom is -0.399 e. The van der Waals surface area contributed by atoms with Crippen LogP contribution in [0.3, 0.4) is 0 Å². The average molecular weight is 244 g/mol. The lowest BCUT2D eigenvalue weighted by atomic mass is 10.1. The van der Waals surface area contributed by atoms with E-state index in [9.17, 15) is 4.79 Å². The van der Waals surface area contributed by atoms with E-state index in [-0.39, 0.29) is 5.91 Å². The van der Waals surface area contributed by atoms with Crippen LogP contribution < -0.4 is 11.1 Å². The van der Waals surface area contributed by atoms with Gasteiger partial charge in [-0.2, -0.15) is 0 Å². The zero-order chi connectivity index (χ0) is 13.1. The first kappa shape index (κ1) is 12.2. The van der Waals surface area contributed by atoms with Crippen LogP contribution in [0.25, 0.3) is 0 Å².